The molecule has 0 fully saturated rings. The third-order valence-electron chi connectivity index (χ3n) is 2.20. The van der Waals surface area contributed by atoms with Crippen LogP contribution in [-0.4, -0.2) is 16.0 Å². The summed E-state index contributed by atoms with van der Waals surface area (Å²) in [5, 5.41) is 0. The molecule has 3 heteroatoms. The van der Waals surface area contributed by atoms with E-state index in [9.17, 15) is 0 Å². The first-order valence-electron chi connectivity index (χ1n) is 4.58. The van der Waals surface area contributed by atoms with Crippen LogP contribution >= 0.6 is 0 Å². The lowest BCUT2D eigenvalue weighted by Gasteiger charge is -2.14. The van der Waals surface area contributed by atoms with Crippen LogP contribution in [0.5, 0.6) is 0 Å². The SMILES string of the molecule is Cc1cc(C)nc(C(C)C(C)N)n1. The number of nitrogens with zero attached hydrogens (tertiary/aromatic N) is 2. The van der Waals surface area contributed by atoms with Gasteiger partial charge in [0.15, 0.2) is 0 Å². The zero-order valence-corrected chi connectivity index (χ0v) is 8.70. The Morgan fingerprint density at radius 2 is 1.62 bits per heavy atom. The van der Waals surface area contributed by atoms with Crippen molar-refractivity contribution < 1.29 is 0 Å². The van der Waals surface area contributed by atoms with E-state index in [2.05, 4.69) is 16.9 Å². The second-order valence-electron chi connectivity index (χ2n) is 3.66. The molecule has 1 aromatic heterocycles. The Balaban J connectivity index is 3.01. The van der Waals surface area contributed by atoms with Crippen molar-refractivity contribution in [3.8, 4) is 0 Å². The first-order valence-corrected chi connectivity index (χ1v) is 4.58. The first kappa shape index (κ1) is 10.1. The molecule has 0 aliphatic carbocycles. The van der Waals surface area contributed by atoms with Gasteiger partial charge in [-0.05, 0) is 26.8 Å². The fourth-order valence-electron chi connectivity index (χ4n) is 1.19. The molecule has 1 heterocycles. The number of hydrogen-bond acceptors (Lipinski definition) is 3. The van der Waals surface area contributed by atoms with Gasteiger partial charge in [-0.15, -0.1) is 0 Å². The minimum absolute atomic E-state index is 0.0983. The average molecular weight is 179 g/mol. The Labute approximate surface area is 79.4 Å². The predicted octanol–water partition coefficient (Wildman–Crippen LogP) is 1.54. The van der Waals surface area contributed by atoms with Crippen LogP contribution in [0, 0.1) is 13.8 Å². The number of hydrogen-bond donors (Lipinski definition) is 1. The molecule has 3 nitrogen and oxygen atoms in total. The van der Waals surface area contributed by atoms with Gasteiger partial charge in [-0.3, -0.25) is 0 Å². The quantitative estimate of drug-likeness (QED) is 0.749. The summed E-state index contributed by atoms with van der Waals surface area (Å²) in [7, 11) is 0. The lowest BCUT2D eigenvalue weighted by molar-refractivity contribution is 0.577. The van der Waals surface area contributed by atoms with Crippen LogP contribution in [0.4, 0.5) is 0 Å². The van der Waals surface area contributed by atoms with Crippen molar-refractivity contribution in [3.63, 3.8) is 0 Å². The van der Waals surface area contributed by atoms with Gasteiger partial charge in [0.25, 0.3) is 0 Å². The van der Waals surface area contributed by atoms with Gasteiger partial charge in [-0.2, -0.15) is 0 Å². The van der Waals surface area contributed by atoms with Crippen LogP contribution < -0.4 is 5.73 Å². The predicted molar refractivity (Wildman–Crippen MR) is 53.6 cm³/mol. The molecule has 0 aliphatic rings. The highest BCUT2D eigenvalue weighted by Gasteiger charge is 2.13. The van der Waals surface area contributed by atoms with Crippen molar-refractivity contribution in [2.75, 3.05) is 0 Å². The van der Waals surface area contributed by atoms with E-state index in [1.165, 1.54) is 0 Å². The van der Waals surface area contributed by atoms with E-state index in [4.69, 9.17) is 5.73 Å². The average Bonchev–Trinajstić information content (AvgIpc) is 2.01. The highest BCUT2D eigenvalue weighted by Crippen LogP contribution is 2.14. The summed E-state index contributed by atoms with van der Waals surface area (Å²) >= 11 is 0. The molecule has 2 N–H and O–H groups in total. The van der Waals surface area contributed by atoms with Gasteiger partial charge in [0, 0.05) is 23.3 Å². The van der Waals surface area contributed by atoms with Crippen molar-refractivity contribution in [3.05, 3.63) is 23.3 Å². The van der Waals surface area contributed by atoms with Crippen molar-refractivity contribution in [1.29, 1.82) is 0 Å². The fraction of sp³-hybridized carbons (Fsp3) is 0.600. The Hall–Kier alpha value is -0.960. The number of rotatable bonds is 2. The van der Waals surface area contributed by atoms with Crippen LogP contribution in [0.2, 0.25) is 0 Å². The van der Waals surface area contributed by atoms with Crippen LogP contribution in [0.25, 0.3) is 0 Å². The molecule has 0 bridgehead atoms. The summed E-state index contributed by atoms with van der Waals surface area (Å²) in [6.45, 7) is 7.99. The van der Waals surface area contributed by atoms with Gasteiger partial charge in [0.2, 0.25) is 0 Å². The number of nitrogens with two attached hydrogens (primary N) is 1. The molecule has 0 saturated heterocycles. The van der Waals surface area contributed by atoms with E-state index >= 15 is 0 Å². The van der Waals surface area contributed by atoms with Crippen LogP contribution in [0.3, 0.4) is 0 Å². The molecule has 13 heavy (non-hydrogen) atoms. The molecular weight excluding hydrogens is 162 g/mol. The fourth-order valence-corrected chi connectivity index (χ4v) is 1.19. The van der Waals surface area contributed by atoms with Gasteiger partial charge in [-0.25, -0.2) is 9.97 Å². The van der Waals surface area contributed by atoms with E-state index in [1.54, 1.807) is 0 Å². The van der Waals surface area contributed by atoms with Gasteiger partial charge in [0.1, 0.15) is 5.82 Å². The molecular formula is C10H17N3. The minimum atomic E-state index is 0.0983. The van der Waals surface area contributed by atoms with E-state index in [1.807, 2.05) is 26.8 Å². The van der Waals surface area contributed by atoms with Crippen molar-refractivity contribution in [2.45, 2.75) is 39.7 Å². The molecule has 0 amide bonds. The van der Waals surface area contributed by atoms with Crippen LogP contribution in [0.15, 0.2) is 6.07 Å². The summed E-state index contributed by atoms with van der Waals surface area (Å²) in [6.07, 6.45) is 0. The Morgan fingerprint density at radius 3 is 2.00 bits per heavy atom. The van der Waals surface area contributed by atoms with Gasteiger partial charge in [-0.1, -0.05) is 6.92 Å². The lowest BCUT2D eigenvalue weighted by Crippen LogP contribution is -2.24. The molecule has 0 saturated carbocycles. The Morgan fingerprint density at radius 1 is 1.15 bits per heavy atom. The van der Waals surface area contributed by atoms with E-state index in [-0.39, 0.29) is 12.0 Å². The second kappa shape index (κ2) is 3.83. The minimum Gasteiger partial charge on any atom is -0.327 e. The Kier molecular flexibility index (Phi) is 2.98. The standard InChI is InChI=1S/C10H17N3/c1-6-5-7(2)13-10(12-6)8(3)9(4)11/h5,8-9H,11H2,1-4H3. The maximum Gasteiger partial charge on any atom is 0.133 e. The summed E-state index contributed by atoms with van der Waals surface area (Å²) in [4.78, 5) is 8.73. The summed E-state index contributed by atoms with van der Waals surface area (Å²) < 4.78 is 0. The second-order valence-corrected chi connectivity index (χ2v) is 3.66. The van der Waals surface area contributed by atoms with E-state index < -0.39 is 0 Å². The lowest BCUT2D eigenvalue weighted by atomic mass is 10.0. The van der Waals surface area contributed by atoms with Crippen LogP contribution in [0.1, 0.15) is 37.0 Å². The molecule has 2 unspecified atom stereocenters. The summed E-state index contributed by atoms with van der Waals surface area (Å²) in [5.41, 5.74) is 7.81. The zero-order valence-electron chi connectivity index (χ0n) is 8.70. The number of aromatic nitrogens is 2. The van der Waals surface area contributed by atoms with Crippen molar-refractivity contribution >= 4 is 0 Å². The van der Waals surface area contributed by atoms with Crippen molar-refractivity contribution in [1.82, 2.24) is 9.97 Å². The third-order valence-corrected chi connectivity index (χ3v) is 2.20. The monoisotopic (exact) mass is 179 g/mol. The summed E-state index contributed by atoms with van der Waals surface area (Å²) in [6, 6.07) is 2.07. The van der Waals surface area contributed by atoms with Crippen molar-refractivity contribution in [2.24, 2.45) is 5.73 Å². The van der Waals surface area contributed by atoms with Crippen LogP contribution in [-0.2, 0) is 0 Å². The maximum absolute atomic E-state index is 5.79. The third kappa shape index (κ3) is 2.49. The van der Waals surface area contributed by atoms with Gasteiger partial charge < -0.3 is 5.73 Å². The molecule has 0 spiro atoms. The highest BCUT2D eigenvalue weighted by atomic mass is 14.9. The molecule has 2 atom stereocenters. The zero-order chi connectivity index (χ0) is 10.0. The molecule has 0 aromatic carbocycles. The molecule has 1 aromatic rings. The van der Waals surface area contributed by atoms with E-state index in [0.717, 1.165) is 17.2 Å². The van der Waals surface area contributed by atoms with Gasteiger partial charge in [0.05, 0.1) is 0 Å². The number of aryl methyl sites for hydroxylation is 2. The molecule has 1 rings (SSSR count). The smallest absolute Gasteiger partial charge is 0.133 e. The van der Waals surface area contributed by atoms with Gasteiger partial charge >= 0.3 is 0 Å². The van der Waals surface area contributed by atoms with E-state index in [0.29, 0.717) is 0 Å². The highest BCUT2D eigenvalue weighted by molar-refractivity contribution is 5.11. The first-order chi connectivity index (χ1) is 6.00. The maximum atomic E-state index is 5.79. The molecule has 72 valence electrons. The summed E-state index contributed by atoms with van der Waals surface area (Å²) in [5.74, 6) is 1.08. The normalized spacial score (nSPS) is 15.5. The largest absolute Gasteiger partial charge is 0.327 e. The Bertz CT molecular complexity index is 274. The molecule has 0 radical (unpaired) electrons. The molecule has 0 aliphatic heterocycles. The topological polar surface area (TPSA) is 51.8 Å².